The molecular formula is C15H23BrN2O4S. The van der Waals surface area contributed by atoms with Crippen LogP contribution in [0.4, 0.5) is 0 Å². The fourth-order valence-electron chi connectivity index (χ4n) is 1.90. The predicted octanol–water partition coefficient (Wildman–Crippen LogP) is 2.29. The third-order valence-electron chi connectivity index (χ3n) is 2.73. The van der Waals surface area contributed by atoms with Crippen LogP contribution in [0.3, 0.4) is 0 Å². The number of halogens is 1. The molecule has 0 saturated carbocycles. The second kappa shape index (κ2) is 7.74. The summed E-state index contributed by atoms with van der Waals surface area (Å²) >= 11 is 3.28. The van der Waals surface area contributed by atoms with E-state index in [1.165, 1.54) is 12.1 Å². The van der Waals surface area contributed by atoms with E-state index in [-0.39, 0.29) is 22.4 Å². The Balaban J connectivity index is 3.11. The van der Waals surface area contributed by atoms with Gasteiger partial charge in [-0.3, -0.25) is 4.79 Å². The minimum Gasteiger partial charge on any atom is -0.383 e. The molecule has 0 heterocycles. The first kappa shape index (κ1) is 20.1. The molecule has 0 saturated heterocycles. The molecule has 1 aromatic rings. The van der Waals surface area contributed by atoms with E-state index in [0.717, 1.165) is 0 Å². The van der Waals surface area contributed by atoms with Crippen LogP contribution in [0, 0.1) is 0 Å². The van der Waals surface area contributed by atoms with Crippen LogP contribution in [-0.2, 0) is 14.8 Å². The maximum absolute atomic E-state index is 12.4. The van der Waals surface area contributed by atoms with Crippen LogP contribution in [-0.4, -0.2) is 39.6 Å². The summed E-state index contributed by atoms with van der Waals surface area (Å²) in [5.74, 6) is -0.366. The number of ether oxygens (including phenoxy) is 1. The van der Waals surface area contributed by atoms with Crippen LogP contribution >= 0.6 is 15.9 Å². The molecule has 0 spiro atoms. The van der Waals surface area contributed by atoms with Crippen molar-refractivity contribution in [3.63, 3.8) is 0 Å². The summed E-state index contributed by atoms with van der Waals surface area (Å²) in [6.07, 6.45) is 0. The number of sulfonamides is 1. The van der Waals surface area contributed by atoms with Crippen LogP contribution in [0.2, 0.25) is 0 Å². The molecule has 0 aliphatic heterocycles. The Bertz CT molecular complexity index is 669. The van der Waals surface area contributed by atoms with Crippen molar-refractivity contribution in [2.24, 2.45) is 0 Å². The third-order valence-corrected chi connectivity index (χ3v) is 5.17. The van der Waals surface area contributed by atoms with Crippen molar-refractivity contribution in [1.82, 2.24) is 10.0 Å². The third kappa shape index (κ3) is 6.21. The number of methoxy groups -OCH3 is 1. The van der Waals surface area contributed by atoms with Gasteiger partial charge in [-0.05, 0) is 61.8 Å². The molecule has 1 aromatic carbocycles. The van der Waals surface area contributed by atoms with Gasteiger partial charge in [0.2, 0.25) is 10.0 Å². The van der Waals surface area contributed by atoms with Gasteiger partial charge in [-0.25, -0.2) is 13.1 Å². The summed E-state index contributed by atoms with van der Waals surface area (Å²) in [5, 5.41) is 2.76. The van der Waals surface area contributed by atoms with Crippen LogP contribution < -0.4 is 10.0 Å². The number of carbonyl (C=O) groups is 1. The SMILES string of the molecule is COCC(C)NC(=O)c1cc(S(=O)(=O)NC(C)(C)C)ccc1Br. The summed E-state index contributed by atoms with van der Waals surface area (Å²) in [6.45, 7) is 7.43. The van der Waals surface area contributed by atoms with Gasteiger partial charge in [-0.1, -0.05) is 0 Å². The van der Waals surface area contributed by atoms with Crippen LogP contribution in [0.5, 0.6) is 0 Å². The van der Waals surface area contributed by atoms with Crippen molar-refractivity contribution in [3.8, 4) is 0 Å². The fourth-order valence-corrected chi connectivity index (χ4v) is 3.77. The van der Waals surface area contributed by atoms with Crippen molar-refractivity contribution < 1.29 is 17.9 Å². The number of amides is 1. The molecule has 23 heavy (non-hydrogen) atoms. The lowest BCUT2D eigenvalue weighted by Gasteiger charge is -2.21. The Morgan fingerprint density at radius 2 is 1.96 bits per heavy atom. The summed E-state index contributed by atoms with van der Waals surface area (Å²) in [4.78, 5) is 12.3. The van der Waals surface area contributed by atoms with E-state index in [1.807, 2.05) is 0 Å². The first-order valence-corrected chi connectivity index (χ1v) is 9.37. The maximum atomic E-state index is 12.4. The first-order valence-electron chi connectivity index (χ1n) is 7.09. The highest BCUT2D eigenvalue weighted by molar-refractivity contribution is 9.10. The zero-order valence-electron chi connectivity index (χ0n) is 13.9. The zero-order chi connectivity index (χ0) is 17.8. The minimum atomic E-state index is -3.70. The normalized spacial score (nSPS) is 13.7. The van der Waals surface area contributed by atoms with Gasteiger partial charge in [0.1, 0.15) is 0 Å². The van der Waals surface area contributed by atoms with Crippen molar-refractivity contribution >= 4 is 31.9 Å². The first-order chi connectivity index (χ1) is 10.5. The molecule has 1 atom stereocenters. The van der Waals surface area contributed by atoms with E-state index in [1.54, 1.807) is 40.9 Å². The summed E-state index contributed by atoms with van der Waals surface area (Å²) in [6, 6.07) is 4.17. The van der Waals surface area contributed by atoms with Crippen molar-refractivity contribution in [1.29, 1.82) is 0 Å². The molecule has 1 amide bonds. The van der Waals surface area contributed by atoms with E-state index >= 15 is 0 Å². The monoisotopic (exact) mass is 406 g/mol. The Morgan fingerprint density at radius 3 is 2.48 bits per heavy atom. The van der Waals surface area contributed by atoms with E-state index in [4.69, 9.17) is 4.74 Å². The molecule has 0 radical (unpaired) electrons. The van der Waals surface area contributed by atoms with E-state index in [2.05, 4.69) is 26.0 Å². The van der Waals surface area contributed by atoms with E-state index < -0.39 is 15.6 Å². The lowest BCUT2D eigenvalue weighted by molar-refractivity contribution is 0.0904. The average molecular weight is 407 g/mol. The number of carbonyl (C=O) groups excluding carboxylic acids is 1. The van der Waals surface area contributed by atoms with Gasteiger partial charge in [0.05, 0.1) is 17.1 Å². The topological polar surface area (TPSA) is 84.5 Å². The summed E-state index contributed by atoms with van der Waals surface area (Å²) in [7, 11) is -2.16. The summed E-state index contributed by atoms with van der Waals surface area (Å²) in [5.41, 5.74) is -0.355. The van der Waals surface area contributed by atoms with Gasteiger partial charge in [-0.2, -0.15) is 0 Å². The number of hydrogen-bond acceptors (Lipinski definition) is 4. The number of hydrogen-bond donors (Lipinski definition) is 2. The average Bonchev–Trinajstić information content (AvgIpc) is 2.36. The standard InChI is InChI=1S/C15H23BrN2O4S/c1-10(9-22-5)17-14(19)12-8-11(6-7-13(12)16)23(20,21)18-15(2,3)4/h6-8,10,18H,9H2,1-5H3,(H,17,19). The van der Waals surface area contributed by atoms with Gasteiger partial charge in [0.25, 0.3) is 5.91 Å². The van der Waals surface area contributed by atoms with Crippen molar-refractivity contribution in [3.05, 3.63) is 28.2 Å². The Labute approximate surface area is 146 Å². The number of benzene rings is 1. The largest absolute Gasteiger partial charge is 0.383 e. The quantitative estimate of drug-likeness (QED) is 0.758. The second-order valence-electron chi connectivity index (χ2n) is 6.33. The van der Waals surface area contributed by atoms with Crippen LogP contribution in [0.1, 0.15) is 38.1 Å². The van der Waals surface area contributed by atoms with Crippen molar-refractivity contribution in [2.75, 3.05) is 13.7 Å². The van der Waals surface area contributed by atoms with Crippen molar-refractivity contribution in [2.45, 2.75) is 44.2 Å². The Morgan fingerprint density at radius 1 is 1.35 bits per heavy atom. The van der Waals surface area contributed by atoms with Gasteiger partial charge in [0, 0.05) is 23.2 Å². The summed E-state index contributed by atoms with van der Waals surface area (Å²) < 4.78 is 32.8. The maximum Gasteiger partial charge on any atom is 0.252 e. The molecule has 0 aliphatic carbocycles. The molecule has 8 heteroatoms. The van der Waals surface area contributed by atoms with Gasteiger partial charge < -0.3 is 10.1 Å². The van der Waals surface area contributed by atoms with Gasteiger partial charge >= 0.3 is 0 Å². The number of nitrogens with one attached hydrogen (secondary N) is 2. The van der Waals surface area contributed by atoms with Gasteiger partial charge in [0.15, 0.2) is 0 Å². The highest BCUT2D eigenvalue weighted by Crippen LogP contribution is 2.22. The molecule has 130 valence electrons. The lowest BCUT2D eigenvalue weighted by Crippen LogP contribution is -2.40. The molecule has 1 rings (SSSR count). The molecule has 0 aromatic heterocycles. The highest BCUT2D eigenvalue weighted by atomic mass is 79.9. The zero-order valence-corrected chi connectivity index (χ0v) is 16.3. The highest BCUT2D eigenvalue weighted by Gasteiger charge is 2.24. The minimum absolute atomic E-state index is 0.0418. The Kier molecular flexibility index (Phi) is 6.76. The molecule has 0 aliphatic rings. The Hall–Kier alpha value is -0.960. The molecule has 2 N–H and O–H groups in total. The molecule has 1 unspecified atom stereocenters. The molecule has 0 bridgehead atoms. The lowest BCUT2D eigenvalue weighted by atomic mass is 10.1. The fraction of sp³-hybridized carbons (Fsp3) is 0.533. The molecule has 6 nitrogen and oxygen atoms in total. The molecule has 0 fully saturated rings. The van der Waals surface area contributed by atoms with Gasteiger partial charge in [-0.15, -0.1) is 0 Å². The van der Waals surface area contributed by atoms with Crippen LogP contribution in [0.25, 0.3) is 0 Å². The predicted molar refractivity (Wildman–Crippen MR) is 93.0 cm³/mol. The smallest absolute Gasteiger partial charge is 0.252 e. The van der Waals surface area contributed by atoms with E-state index in [0.29, 0.717) is 11.1 Å². The number of rotatable bonds is 6. The molecular weight excluding hydrogens is 384 g/mol. The van der Waals surface area contributed by atoms with Crippen LogP contribution in [0.15, 0.2) is 27.6 Å². The second-order valence-corrected chi connectivity index (χ2v) is 8.86. The van der Waals surface area contributed by atoms with E-state index in [9.17, 15) is 13.2 Å².